The van der Waals surface area contributed by atoms with Crippen molar-refractivity contribution in [1.29, 1.82) is 0 Å². The van der Waals surface area contributed by atoms with Gasteiger partial charge in [0.1, 0.15) is 11.5 Å². The van der Waals surface area contributed by atoms with Gasteiger partial charge in [0, 0.05) is 28.2 Å². The molecule has 3 rings (SSSR count). The minimum atomic E-state index is -3.07. The summed E-state index contributed by atoms with van der Waals surface area (Å²) in [5, 5.41) is 0. The fourth-order valence-electron chi connectivity index (χ4n) is 3.81. The highest BCUT2D eigenvalue weighted by atomic mass is 31.0. The molecule has 2 fully saturated rings. The molecular formula is C18H21F2O3P. The Morgan fingerprint density at radius 2 is 2.00 bits per heavy atom. The second-order valence-corrected chi connectivity index (χ2v) is 6.85. The average Bonchev–Trinajstić information content (AvgIpc) is 3.08. The molecule has 0 N–H and O–H groups in total. The molecule has 0 bridgehead atoms. The van der Waals surface area contributed by atoms with E-state index in [2.05, 4.69) is 9.47 Å². The molecule has 2 aliphatic rings. The Labute approximate surface area is 142 Å². The smallest absolute Gasteiger partial charge is 0.299 e. The third-order valence-corrected chi connectivity index (χ3v) is 5.28. The van der Waals surface area contributed by atoms with Crippen molar-refractivity contribution >= 4 is 15.2 Å². The van der Waals surface area contributed by atoms with Gasteiger partial charge in [-0.3, -0.25) is 4.79 Å². The number of para-hydroxylation sites is 1. The zero-order valence-electron chi connectivity index (χ0n) is 13.2. The van der Waals surface area contributed by atoms with Gasteiger partial charge in [-0.15, -0.1) is 0 Å². The lowest BCUT2D eigenvalue weighted by molar-refractivity contribution is -0.118. The van der Waals surface area contributed by atoms with Crippen LogP contribution in [0.15, 0.2) is 42.5 Å². The Hall–Kier alpha value is -1.32. The molecule has 0 aliphatic heterocycles. The van der Waals surface area contributed by atoms with Crippen LogP contribution < -0.4 is 4.74 Å². The van der Waals surface area contributed by atoms with Gasteiger partial charge >= 0.3 is 0 Å². The molecule has 0 heterocycles. The van der Waals surface area contributed by atoms with E-state index in [1.54, 1.807) is 30.3 Å². The number of carbonyl (C=O) groups is 1. The van der Waals surface area contributed by atoms with Gasteiger partial charge < -0.3 is 9.26 Å². The van der Waals surface area contributed by atoms with E-state index < -0.39 is 12.5 Å². The van der Waals surface area contributed by atoms with Crippen molar-refractivity contribution in [2.45, 2.75) is 31.3 Å². The van der Waals surface area contributed by atoms with Crippen molar-refractivity contribution in [2.75, 3.05) is 6.61 Å². The number of fused-ring (bicyclic) bond motifs is 1. The van der Waals surface area contributed by atoms with Crippen LogP contribution >= 0.6 is 9.47 Å². The zero-order valence-corrected chi connectivity index (χ0v) is 14.4. The van der Waals surface area contributed by atoms with E-state index in [9.17, 15) is 13.6 Å². The van der Waals surface area contributed by atoms with Crippen molar-refractivity contribution < 1.29 is 22.8 Å². The molecule has 3 nitrogen and oxygen atoms in total. The van der Waals surface area contributed by atoms with Crippen LogP contribution in [0.5, 0.6) is 5.75 Å². The van der Waals surface area contributed by atoms with Gasteiger partial charge in [0.15, 0.2) is 6.61 Å². The van der Waals surface area contributed by atoms with Crippen molar-refractivity contribution in [3.05, 3.63) is 42.5 Å². The highest BCUT2D eigenvalue weighted by molar-refractivity contribution is 7.09. The van der Waals surface area contributed by atoms with Crippen LogP contribution in [0.2, 0.25) is 0 Å². The van der Waals surface area contributed by atoms with Gasteiger partial charge in [-0.25, -0.2) is 0 Å². The van der Waals surface area contributed by atoms with Crippen molar-refractivity contribution in [1.82, 2.24) is 0 Å². The van der Waals surface area contributed by atoms with Crippen LogP contribution in [0.3, 0.4) is 0 Å². The molecule has 1 aromatic carbocycles. The molecule has 1 unspecified atom stereocenters. The van der Waals surface area contributed by atoms with Crippen LogP contribution in [-0.2, 0) is 9.32 Å². The summed E-state index contributed by atoms with van der Waals surface area (Å²) in [6.45, 7) is -0.709. The number of hydrogen-bond donors (Lipinski definition) is 0. The molecule has 0 aromatic heterocycles. The molecule has 5 atom stereocenters. The summed E-state index contributed by atoms with van der Waals surface area (Å²) >= 11 is 0. The van der Waals surface area contributed by atoms with E-state index in [-0.39, 0.29) is 29.6 Å². The predicted octanol–water partition coefficient (Wildman–Crippen LogP) is 4.05. The lowest BCUT2D eigenvalue weighted by Crippen LogP contribution is -2.25. The summed E-state index contributed by atoms with van der Waals surface area (Å²) in [6.07, 6.45) is 4.07. The largest absolute Gasteiger partial charge is 0.487 e. The third-order valence-electron chi connectivity index (χ3n) is 4.93. The third kappa shape index (κ3) is 4.01. The number of ether oxygens (including phenoxy) is 1. The molecule has 6 heteroatoms. The summed E-state index contributed by atoms with van der Waals surface area (Å²) in [7, 11) is 2.22. The summed E-state index contributed by atoms with van der Waals surface area (Å²) in [5.41, 5.74) is 0. The van der Waals surface area contributed by atoms with E-state index in [1.165, 1.54) is 6.08 Å². The Bertz CT molecular complexity index is 606. The lowest BCUT2D eigenvalue weighted by Gasteiger charge is -2.20. The first kappa shape index (κ1) is 17.5. The molecule has 2 aliphatic carbocycles. The number of benzene rings is 1. The van der Waals surface area contributed by atoms with Gasteiger partial charge in [-0.2, -0.15) is 8.78 Å². The maximum absolute atomic E-state index is 14.1. The van der Waals surface area contributed by atoms with Gasteiger partial charge in [0.05, 0.1) is 6.10 Å². The average molecular weight is 354 g/mol. The van der Waals surface area contributed by atoms with E-state index >= 15 is 0 Å². The molecule has 0 saturated heterocycles. The maximum Gasteiger partial charge on any atom is 0.299 e. The fraction of sp³-hybridized carbons (Fsp3) is 0.500. The van der Waals surface area contributed by atoms with Gasteiger partial charge in [0.25, 0.3) is 5.92 Å². The summed E-state index contributed by atoms with van der Waals surface area (Å²) in [4.78, 5) is 11.6. The SMILES string of the molecule is O=C1C[C@H]2C[C@@H](OP)[C@H](/C=C/C(F)(F)COc3ccccc3)[C@H]2C1. The number of ketones is 1. The van der Waals surface area contributed by atoms with Crippen LogP contribution in [0.4, 0.5) is 8.78 Å². The highest BCUT2D eigenvalue weighted by Gasteiger charge is 2.47. The first-order chi connectivity index (χ1) is 11.5. The van der Waals surface area contributed by atoms with E-state index in [0.717, 1.165) is 12.5 Å². The maximum atomic E-state index is 14.1. The van der Waals surface area contributed by atoms with Crippen molar-refractivity contribution in [3.63, 3.8) is 0 Å². The number of halogens is 2. The number of Topliss-reactive ketones (excluding diaryl/α,β-unsaturated/α-hetero) is 1. The van der Waals surface area contributed by atoms with Gasteiger partial charge in [-0.05, 0) is 36.5 Å². The molecule has 1 aromatic rings. The highest BCUT2D eigenvalue weighted by Crippen LogP contribution is 2.48. The molecular weight excluding hydrogens is 333 g/mol. The first-order valence-electron chi connectivity index (χ1n) is 8.11. The Balaban J connectivity index is 1.63. The second-order valence-electron chi connectivity index (χ2n) is 6.58. The second kappa shape index (κ2) is 7.28. The first-order valence-corrected chi connectivity index (χ1v) is 8.58. The molecule has 2 saturated carbocycles. The van der Waals surface area contributed by atoms with E-state index in [4.69, 9.17) is 9.26 Å². The van der Waals surface area contributed by atoms with Gasteiger partial charge in [0.2, 0.25) is 0 Å². The minimum absolute atomic E-state index is 0.116. The van der Waals surface area contributed by atoms with Crippen molar-refractivity contribution in [3.8, 4) is 5.75 Å². The molecule has 0 spiro atoms. The Morgan fingerprint density at radius 3 is 2.71 bits per heavy atom. The number of alkyl halides is 2. The Kier molecular flexibility index (Phi) is 5.31. The molecule has 0 radical (unpaired) electrons. The van der Waals surface area contributed by atoms with Crippen LogP contribution in [0, 0.1) is 17.8 Å². The summed E-state index contributed by atoms with van der Waals surface area (Å²) in [5.74, 6) is -2.20. The van der Waals surface area contributed by atoms with E-state index in [1.807, 2.05) is 0 Å². The fourth-order valence-corrected chi connectivity index (χ4v) is 4.10. The molecule has 24 heavy (non-hydrogen) atoms. The topological polar surface area (TPSA) is 35.5 Å². The van der Waals surface area contributed by atoms with Crippen molar-refractivity contribution in [2.24, 2.45) is 17.8 Å². The quantitative estimate of drug-likeness (QED) is 0.571. The number of hydrogen-bond acceptors (Lipinski definition) is 3. The number of rotatable bonds is 6. The summed E-state index contributed by atoms with van der Waals surface area (Å²) in [6, 6.07) is 8.56. The van der Waals surface area contributed by atoms with Crippen LogP contribution in [0.25, 0.3) is 0 Å². The standard InChI is InChI=1S/C18H21F2O3P/c19-18(20,11-22-14-4-2-1-3-5-14)7-6-15-16-10-13(21)8-12(16)9-17(15)23-24/h1-7,12,15-17H,8-11,24H2/b7-6+/t12-,15+,16-,17+/m0/s1. The monoisotopic (exact) mass is 354 g/mol. The molecule has 0 amide bonds. The molecule has 130 valence electrons. The van der Waals surface area contributed by atoms with Crippen LogP contribution in [0.1, 0.15) is 19.3 Å². The Morgan fingerprint density at radius 1 is 1.25 bits per heavy atom. The van der Waals surface area contributed by atoms with E-state index in [0.29, 0.717) is 18.6 Å². The lowest BCUT2D eigenvalue weighted by atomic mass is 9.90. The number of carbonyl (C=O) groups excluding carboxylic acids is 1. The summed E-state index contributed by atoms with van der Waals surface area (Å²) < 4.78 is 38.7. The normalized spacial score (nSPS) is 30.0. The van der Waals surface area contributed by atoms with Crippen LogP contribution in [-0.4, -0.2) is 24.4 Å². The van der Waals surface area contributed by atoms with Gasteiger partial charge in [-0.1, -0.05) is 24.3 Å². The zero-order chi connectivity index (χ0) is 17.2. The predicted molar refractivity (Wildman–Crippen MR) is 89.9 cm³/mol. The minimum Gasteiger partial charge on any atom is -0.487 e.